The summed E-state index contributed by atoms with van der Waals surface area (Å²) >= 11 is 0. The fourth-order valence-electron chi connectivity index (χ4n) is 1.67. The minimum absolute atomic E-state index is 0.0350. The summed E-state index contributed by atoms with van der Waals surface area (Å²) in [6.07, 6.45) is 1.43. The molecule has 102 valence electrons. The van der Waals surface area contributed by atoms with Crippen LogP contribution in [0.1, 0.15) is 20.7 Å². The predicted molar refractivity (Wildman–Crippen MR) is 72.8 cm³/mol. The van der Waals surface area contributed by atoms with E-state index in [1.54, 1.807) is 24.3 Å². The maximum Gasteiger partial charge on any atom is 0.339 e. The van der Waals surface area contributed by atoms with Crippen LogP contribution < -0.4 is 10.9 Å². The van der Waals surface area contributed by atoms with Gasteiger partial charge in [-0.3, -0.25) is 9.59 Å². The Kier molecular flexibility index (Phi) is 3.95. The molecule has 0 aliphatic heterocycles. The summed E-state index contributed by atoms with van der Waals surface area (Å²) in [5.74, 6) is -1.16. The molecule has 0 aliphatic carbocycles. The average Bonchev–Trinajstić information content (AvgIpc) is 2.47. The lowest BCUT2D eigenvalue weighted by atomic mass is 10.1. The van der Waals surface area contributed by atoms with Crippen LogP contribution in [0.5, 0.6) is 0 Å². The molecule has 0 spiro atoms. The second kappa shape index (κ2) is 5.83. The van der Waals surface area contributed by atoms with Crippen LogP contribution in [0.15, 0.2) is 47.4 Å². The average molecular weight is 272 g/mol. The van der Waals surface area contributed by atoms with E-state index in [0.717, 1.165) is 0 Å². The summed E-state index contributed by atoms with van der Waals surface area (Å²) in [6, 6.07) is 9.34. The van der Waals surface area contributed by atoms with Crippen molar-refractivity contribution < 1.29 is 14.3 Å². The SMILES string of the molecule is COC(=O)c1ccccc1NC(=O)c1ccc[nH]c1=O. The summed E-state index contributed by atoms with van der Waals surface area (Å²) in [5, 5.41) is 2.52. The summed E-state index contributed by atoms with van der Waals surface area (Å²) in [7, 11) is 1.25. The smallest absolute Gasteiger partial charge is 0.339 e. The zero-order valence-electron chi connectivity index (χ0n) is 10.7. The first-order chi connectivity index (χ1) is 9.63. The van der Waals surface area contributed by atoms with Gasteiger partial charge in [0.1, 0.15) is 5.56 Å². The molecule has 6 nitrogen and oxygen atoms in total. The molecule has 2 rings (SSSR count). The van der Waals surface area contributed by atoms with E-state index in [2.05, 4.69) is 15.0 Å². The standard InChI is InChI=1S/C14H12N2O4/c1-20-14(19)9-5-2-3-7-11(9)16-13(18)10-6-4-8-15-12(10)17/h2-8H,1H3,(H,15,17)(H,16,18). The zero-order valence-corrected chi connectivity index (χ0v) is 10.7. The van der Waals surface area contributed by atoms with Crippen LogP contribution in [0.4, 0.5) is 5.69 Å². The third-order valence-electron chi connectivity index (χ3n) is 2.64. The van der Waals surface area contributed by atoms with Gasteiger partial charge in [0.05, 0.1) is 18.4 Å². The maximum atomic E-state index is 12.0. The highest BCUT2D eigenvalue weighted by molar-refractivity contribution is 6.07. The molecule has 0 unspecified atom stereocenters. The Bertz CT molecular complexity index is 706. The first-order valence-corrected chi connectivity index (χ1v) is 5.80. The molecule has 1 amide bonds. The Balaban J connectivity index is 2.32. The lowest BCUT2D eigenvalue weighted by molar-refractivity contribution is 0.0602. The molecule has 1 aromatic carbocycles. The van der Waals surface area contributed by atoms with Gasteiger partial charge >= 0.3 is 5.97 Å². The van der Waals surface area contributed by atoms with Crippen LogP contribution >= 0.6 is 0 Å². The molecule has 0 fully saturated rings. The van der Waals surface area contributed by atoms with E-state index in [9.17, 15) is 14.4 Å². The van der Waals surface area contributed by atoms with Gasteiger partial charge in [0.25, 0.3) is 11.5 Å². The second-order valence-electron chi connectivity index (χ2n) is 3.90. The van der Waals surface area contributed by atoms with Crippen LogP contribution in [0, 0.1) is 0 Å². The van der Waals surface area contributed by atoms with E-state index in [4.69, 9.17) is 0 Å². The normalized spacial score (nSPS) is 9.85. The predicted octanol–water partition coefficient (Wildman–Crippen LogP) is 1.41. The molecule has 0 aliphatic rings. The third kappa shape index (κ3) is 2.74. The molecular formula is C14H12N2O4. The van der Waals surface area contributed by atoms with Crippen molar-refractivity contribution in [3.05, 3.63) is 64.1 Å². The van der Waals surface area contributed by atoms with Gasteiger partial charge in [0, 0.05) is 6.20 Å². The van der Waals surface area contributed by atoms with Gasteiger partial charge in [-0.15, -0.1) is 0 Å². The number of carbonyl (C=O) groups is 2. The van der Waals surface area contributed by atoms with E-state index in [-0.39, 0.29) is 16.8 Å². The lowest BCUT2D eigenvalue weighted by Gasteiger charge is -2.09. The number of H-pyrrole nitrogens is 1. The molecule has 0 atom stereocenters. The van der Waals surface area contributed by atoms with Crippen molar-refractivity contribution >= 4 is 17.6 Å². The van der Waals surface area contributed by atoms with Crippen molar-refractivity contribution in [1.29, 1.82) is 0 Å². The third-order valence-corrected chi connectivity index (χ3v) is 2.64. The molecule has 20 heavy (non-hydrogen) atoms. The maximum absolute atomic E-state index is 12.0. The first-order valence-electron chi connectivity index (χ1n) is 5.80. The number of aromatic amines is 1. The number of benzene rings is 1. The number of rotatable bonds is 3. The van der Waals surface area contributed by atoms with E-state index in [1.165, 1.54) is 25.4 Å². The van der Waals surface area contributed by atoms with Gasteiger partial charge in [-0.2, -0.15) is 0 Å². The van der Waals surface area contributed by atoms with Crippen molar-refractivity contribution in [3.63, 3.8) is 0 Å². The number of hydrogen-bond donors (Lipinski definition) is 2. The number of pyridine rings is 1. The molecular weight excluding hydrogens is 260 g/mol. The molecule has 1 heterocycles. The molecule has 1 aromatic heterocycles. The highest BCUT2D eigenvalue weighted by atomic mass is 16.5. The van der Waals surface area contributed by atoms with E-state index in [1.807, 2.05) is 0 Å². The molecule has 2 N–H and O–H groups in total. The number of aromatic nitrogens is 1. The molecule has 0 saturated carbocycles. The molecule has 2 aromatic rings. The topological polar surface area (TPSA) is 88.3 Å². The van der Waals surface area contributed by atoms with Crippen molar-refractivity contribution in [2.24, 2.45) is 0 Å². The largest absolute Gasteiger partial charge is 0.465 e. The number of carbonyl (C=O) groups excluding carboxylic acids is 2. The quantitative estimate of drug-likeness (QED) is 0.827. The van der Waals surface area contributed by atoms with Crippen LogP contribution in [0.25, 0.3) is 0 Å². The monoisotopic (exact) mass is 272 g/mol. The van der Waals surface area contributed by atoms with Gasteiger partial charge < -0.3 is 15.0 Å². The summed E-state index contributed by atoms with van der Waals surface area (Å²) < 4.78 is 4.63. The van der Waals surface area contributed by atoms with Gasteiger partial charge in [-0.05, 0) is 24.3 Å². The van der Waals surface area contributed by atoms with Gasteiger partial charge in [-0.1, -0.05) is 12.1 Å². The van der Waals surface area contributed by atoms with Crippen molar-refractivity contribution in [3.8, 4) is 0 Å². The number of amides is 1. The second-order valence-corrected chi connectivity index (χ2v) is 3.90. The zero-order chi connectivity index (χ0) is 14.5. The number of methoxy groups -OCH3 is 1. The lowest BCUT2D eigenvalue weighted by Crippen LogP contribution is -2.23. The fourth-order valence-corrected chi connectivity index (χ4v) is 1.67. The Morgan fingerprint density at radius 2 is 1.80 bits per heavy atom. The van der Waals surface area contributed by atoms with Crippen LogP contribution in [-0.2, 0) is 4.74 Å². The number of anilines is 1. The van der Waals surface area contributed by atoms with Gasteiger partial charge in [0.15, 0.2) is 0 Å². The first kappa shape index (κ1) is 13.5. The Morgan fingerprint density at radius 1 is 1.10 bits per heavy atom. The van der Waals surface area contributed by atoms with Gasteiger partial charge in [0.2, 0.25) is 0 Å². The number of esters is 1. The fraction of sp³-hybridized carbons (Fsp3) is 0.0714. The van der Waals surface area contributed by atoms with E-state index < -0.39 is 17.4 Å². The van der Waals surface area contributed by atoms with Crippen molar-refractivity contribution in [1.82, 2.24) is 4.98 Å². The van der Waals surface area contributed by atoms with Crippen LogP contribution in [0.2, 0.25) is 0 Å². The number of para-hydroxylation sites is 1. The van der Waals surface area contributed by atoms with Gasteiger partial charge in [-0.25, -0.2) is 4.79 Å². The highest BCUT2D eigenvalue weighted by Gasteiger charge is 2.15. The number of nitrogens with one attached hydrogen (secondary N) is 2. The van der Waals surface area contributed by atoms with Crippen molar-refractivity contribution in [2.75, 3.05) is 12.4 Å². The minimum Gasteiger partial charge on any atom is -0.465 e. The van der Waals surface area contributed by atoms with E-state index >= 15 is 0 Å². The van der Waals surface area contributed by atoms with Crippen LogP contribution in [0.3, 0.4) is 0 Å². The Hall–Kier alpha value is -2.89. The molecule has 6 heteroatoms. The van der Waals surface area contributed by atoms with Crippen LogP contribution in [-0.4, -0.2) is 24.0 Å². The number of hydrogen-bond acceptors (Lipinski definition) is 4. The highest BCUT2D eigenvalue weighted by Crippen LogP contribution is 2.16. The Labute approximate surface area is 114 Å². The summed E-state index contributed by atoms with van der Waals surface area (Å²) in [5.41, 5.74) is -0.0315. The minimum atomic E-state index is -0.594. The molecule has 0 bridgehead atoms. The Morgan fingerprint density at radius 3 is 2.50 bits per heavy atom. The molecule has 0 saturated heterocycles. The summed E-state index contributed by atoms with van der Waals surface area (Å²) in [6.45, 7) is 0. The number of ether oxygens (including phenoxy) is 1. The summed E-state index contributed by atoms with van der Waals surface area (Å²) in [4.78, 5) is 37.5. The van der Waals surface area contributed by atoms with E-state index in [0.29, 0.717) is 0 Å². The van der Waals surface area contributed by atoms with Crippen molar-refractivity contribution in [2.45, 2.75) is 0 Å². The molecule has 0 radical (unpaired) electrons.